The van der Waals surface area contributed by atoms with Crippen molar-refractivity contribution in [3.63, 3.8) is 0 Å². The molecule has 1 aromatic rings. The molecule has 0 amide bonds. The largest absolute Gasteiger partial charge is 0.456 e. The molecule has 1 aromatic carbocycles. The Balaban J connectivity index is 1.72. The SMILES string of the molecule is O=C(OCC[NH+]1CCNCC1)c1ccc(I)cc1. The Bertz CT molecular complexity index is 388. The number of carbonyl (C=O) groups is 1. The second kappa shape index (κ2) is 7.06. The minimum atomic E-state index is -0.221. The number of piperazine rings is 1. The maximum Gasteiger partial charge on any atom is 0.338 e. The number of esters is 1. The van der Waals surface area contributed by atoms with Crippen LogP contribution in [-0.4, -0.2) is 45.3 Å². The molecule has 4 nitrogen and oxygen atoms in total. The molecular weight excluding hydrogens is 343 g/mol. The van der Waals surface area contributed by atoms with Crippen molar-refractivity contribution in [1.82, 2.24) is 5.32 Å². The van der Waals surface area contributed by atoms with Crippen LogP contribution in [0.1, 0.15) is 10.4 Å². The first-order valence-corrected chi connectivity index (χ1v) is 7.30. The van der Waals surface area contributed by atoms with Crippen molar-refractivity contribution in [2.75, 3.05) is 39.3 Å². The molecule has 2 N–H and O–H groups in total. The Hall–Kier alpha value is -0.660. The standard InChI is InChI=1S/C13H17IN2O2/c14-12-3-1-11(2-4-12)13(17)18-10-9-16-7-5-15-6-8-16/h1-4,15H,5-10H2/p+1. The average Bonchev–Trinajstić information content (AvgIpc) is 2.40. The molecule has 0 aromatic heterocycles. The summed E-state index contributed by atoms with van der Waals surface area (Å²) in [6.07, 6.45) is 0. The van der Waals surface area contributed by atoms with Gasteiger partial charge in [-0.2, -0.15) is 0 Å². The highest BCUT2D eigenvalue weighted by Crippen LogP contribution is 2.07. The molecule has 5 heteroatoms. The highest BCUT2D eigenvalue weighted by molar-refractivity contribution is 14.1. The monoisotopic (exact) mass is 361 g/mol. The zero-order valence-corrected chi connectivity index (χ0v) is 12.4. The van der Waals surface area contributed by atoms with Crippen LogP contribution in [0, 0.1) is 3.57 Å². The van der Waals surface area contributed by atoms with Gasteiger partial charge in [0, 0.05) is 16.7 Å². The van der Waals surface area contributed by atoms with Crippen molar-refractivity contribution in [2.24, 2.45) is 0 Å². The number of carbonyl (C=O) groups excluding carboxylic acids is 1. The van der Waals surface area contributed by atoms with Crippen LogP contribution in [0.4, 0.5) is 0 Å². The number of benzene rings is 1. The van der Waals surface area contributed by atoms with Gasteiger partial charge in [-0.3, -0.25) is 0 Å². The fourth-order valence-electron chi connectivity index (χ4n) is 1.99. The maximum absolute atomic E-state index is 11.8. The first kappa shape index (κ1) is 13.8. The summed E-state index contributed by atoms with van der Waals surface area (Å²) in [6, 6.07) is 7.45. The van der Waals surface area contributed by atoms with Crippen molar-refractivity contribution in [3.05, 3.63) is 33.4 Å². The van der Waals surface area contributed by atoms with Crippen molar-refractivity contribution in [3.8, 4) is 0 Å². The minimum absolute atomic E-state index is 0.221. The van der Waals surface area contributed by atoms with Crippen molar-refractivity contribution in [2.45, 2.75) is 0 Å². The number of ether oxygens (including phenoxy) is 1. The van der Waals surface area contributed by atoms with E-state index in [0.29, 0.717) is 12.2 Å². The number of halogens is 1. The molecule has 0 atom stereocenters. The van der Waals surface area contributed by atoms with Gasteiger partial charge in [0.05, 0.1) is 18.7 Å². The molecule has 1 saturated heterocycles. The lowest BCUT2D eigenvalue weighted by molar-refractivity contribution is -0.901. The zero-order chi connectivity index (χ0) is 12.8. The third-order valence-corrected chi connectivity index (χ3v) is 3.80. The minimum Gasteiger partial charge on any atom is -0.456 e. The van der Waals surface area contributed by atoms with E-state index in [1.54, 1.807) is 0 Å². The molecule has 1 aliphatic rings. The highest BCUT2D eigenvalue weighted by atomic mass is 127. The van der Waals surface area contributed by atoms with Crippen molar-refractivity contribution >= 4 is 28.6 Å². The molecule has 0 aliphatic carbocycles. The van der Waals surface area contributed by atoms with Gasteiger partial charge in [-0.25, -0.2) is 4.79 Å². The number of quaternary nitrogens is 1. The van der Waals surface area contributed by atoms with E-state index in [1.165, 1.54) is 4.90 Å². The van der Waals surface area contributed by atoms with Crippen LogP contribution in [0.2, 0.25) is 0 Å². The van der Waals surface area contributed by atoms with Crippen LogP contribution in [0.15, 0.2) is 24.3 Å². The summed E-state index contributed by atoms with van der Waals surface area (Å²) in [5.41, 5.74) is 0.630. The van der Waals surface area contributed by atoms with Gasteiger partial charge in [0.15, 0.2) is 0 Å². The quantitative estimate of drug-likeness (QED) is 0.583. The Morgan fingerprint density at radius 2 is 1.94 bits per heavy atom. The molecule has 1 aliphatic heterocycles. The highest BCUT2D eigenvalue weighted by Gasteiger charge is 2.13. The van der Waals surface area contributed by atoms with Crippen LogP contribution < -0.4 is 10.2 Å². The summed E-state index contributed by atoms with van der Waals surface area (Å²) in [4.78, 5) is 13.3. The maximum atomic E-state index is 11.8. The van der Waals surface area contributed by atoms with Gasteiger partial charge in [-0.05, 0) is 46.9 Å². The topological polar surface area (TPSA) is 42.8 Å². The lowest BCUT2D eigenvalue weighted by Gasteiger charge is -2.23. The van der Waals surface area contributed by atoms with Crippen molar-refractivity contribution < 1.29 is 14.4 Å². The van der Waals surface area contributed by atoms with E-state index in [9.17, 15) is 4.79 Å². The molecular formula is C13H18IN2O2+. The number of hydrogen-bond donors (Lipinski definition) is 2. The third kappa shape index (κ3) is 4.22. The second-order valence-electron chi connectivity index (χ2n) is 4.39. The van der Waals surface area contributed by atoms with Crippen LogP contribution in [-0.2, 0) is 4.74 Å². The lowest BCUT2D eigenvalue weighted by Crippen LogP contribution is -3.15. The lowest BCUT2D eigenvalue weighted by atomic mass is 10.2. The summed E-state index contributed by atoms with van der Waals surface area (Å²) < 4.78 is 6.41. The normalized spacial score (nSPS) is 16.5. The molecule has 1 fully saturated rings. The van der Waals surface area contributed by atoms with E-state index in [4.69, 9.17) is 4.74 Å². The first-order valence-electron chi connectivity index (χ1n) is 6.23. The zero-order valence-electron chi connectivity index (χ0n) is 10.2. The smallest absolute Gasteiger partial charge is 0.338 e. The number of rotatable bonds is 4. The number of hydrogen-bond acceptors (Lipinski definition) is 3. The predicted octanol–water partition coefficient (Wildman–Crippen LogP) is -0.0639. The van der Waals surface area contributed by atoms with E-state index in [1.807, 2.05) is 24.3 Å². The summed E-state index contributed by atoms with van der Waals surface area (Å²) in [6.45, 7) is 5.74. The Kier molecular flexibility index (Phi) is 5.40. The van der Waals surface area contributed by atoms with Gasteiger partial charge < -0.3 is 15.0 Å². The Morgan fingerprint density at radius 1 is 1.28 bits per heavy atom. The summed E-state index contributed by atoms with van der Waals surface area (Å²) in [5, 5.41) is 3.32. The van der Waals surface area contributed by atoms with Crippen LogP contribution in [0.3, 0.4) is 0 Å². The van der Waals surface area contributed by atoms with E-state index in [2.05, 4.69) is 27.9 Å². The molecule has 2 rings (SSSR count). The van der Waals surface area contributed by atoms with E-state index < -0.39 is 0 Å². The van der Waals surface area contributed by atoms with Crippen LogP contribution >= 0.6 is 22.6 Å². The van der Waals surface area contributed by atoms with Gasteiger partial charge in [0.25, 0.3) is 0 Å². The van der Waals surface area contributed by atoms with Gasteiger partial charge in [-0.15, -0.1) is 0 Å². The third-order valence-electron chi connectivity index (χ3n) is 3.08. The fourth-order valence-corrected chi connectivity index (χ4v) is 2.35. The van der Waals surface area contributed by atoms with E-state index >= 15 is 0 Å². The molecule has 0 spiro atoms. The van der Waals surface area contributed by atoms with Gasteiger partial charge in [0.2, 0.25) is 0 Å². The molecule has 1 heterocycles. The molecule has 18 heavy (non-hydrogen) atoms. The van der Waals surface area contributed by atoms with E-state index in [-0.39, 0.29) is 5.97 Å². The first-order chi connectivity index (χ1) is 8.75. The summed E-state index contributed by atoms with van der Waals surface area (Å²) in [5.74, 6) is -0.221. The van der Waals surface area contributed by atoms with Crippen molar-refractivity contribution in [1.29, 1.82) is 0 Å². The summed E-state index contributed by atoms with van der Waals surface area (Å²) in [7, 11) is 0. The average molecular weight is 361 g/mol. The molecule has 0 bridgehead atoms. The molecule has 98 valence electrons. The predicted molar refractivity (Wildman–Crippen MR) is 77.9 cm³/mol. The van der Waals surface area contributed by atoms with Gasteiger partial charge >= 0.3 is 5.97 Å². The second-order valence-corrected chi connectivity index (χ2v) is 5.64. The Morgan fingerprint density at radius 3 is 2.61 bits per heavy atom. The van der Waals surface area contributed by atoms with E-state index in [0.717, 1.165) is 36.3 Å². The molecule has 0 radical (unpaired) electrons. The Labute approximate surface area is 121 Å². The summed E-state index contributed by atoms with van der Waals surface area (Å²) >= 11 is 2.22. The van der Waals surface area contributed by atoms with Crippen LogP contribution in [0.5, 0.6) is 0 Å². The molecule has 0 saturated carbocycles. The van der Waals surface area contributed by atoms with Crippen LogP contribution in [0.25, 0.3) is 0 Å². The number of nitrogens with one attached hydrogen (secondary N) is 2. The van der Waals surface area contributed by atoms with Gasteiger partial charge in [-0.1, -0.05) is 0 Å². The molecule has 0 unspecified atom stereocenters. The fraction of sp³-hybridized carbons (Fsp3) is 0.462. The van der Waals surface area contributed by atoms with Gasteiger partial charge in [0.1, 0.15) is 13.2 Å².